The smallest absolute Gasteiger partial charge is 0.307 e. The Morgan fingerprint density at radius 3 is 2.92 bits per heavy atom. The summed E-state index contributed by atoms with van der Waals surface area (Å²) in [6.45, 7) is 3.50. The highest BCUT2D eigenvalue weighted by atomic mass is 32.1. The molecule has 0 bridgehead atoms. The zero-order valence-electron chi connectivity index (χ0n) is 12.9. The molecule has 0 unspecified atom stereocenters. The quantitative estimate of drug-likeness (QED) is 0.697. The summed E-state index contributed by atoms with van der Waals surface area (Å²) in [6, 6.07) is 3.53. The van der Waals surface area contributed by atoms with E-state index in [-0.39, 0.29) is 4.87 Å². The van der Waals surface area contributed by atoms with Crippen LogP contribution in [0.1, 0.15) is 23.6 Å². The van der Waals surface area contributed by atoms with Crippen LogP contribution in [0.15, 0.2) is 31.2 Å². The van der Waals surface area contributed by atoms with Gasteiger partial charge in [0.25, 0.3) is 0 Å². The number of aryl methyl sites for hydroxylation is 2. The Morgan fingerprint density at radius 2 is 2.17 bits per heavy atom. The highest BCUT2D eigenvalue weighted by Gasteiger charge is 2.23. The Morgan fingerprint density at radius 1 is 1.33 bits per heavy atom. The van der Waals surface area contributed by atoms with E-state index in [1.54, 1.807) is 16.7 Å². The Hall–Kier alpha value is -2.23. The van der Waals surface area contributed by atoms with E-state index in [1.165, 1.54) is 11.3 Å². The summed E-state index contributed by atoms with van der Waals surface area (Å²) in [5.74, 6) is 1.88. The molecule has 0 spiro atoms. The SMILES string of the molecule is Cc1csc(=O)n1CCc1nc(-c2ccc(C3OCCO3)o2)no1. The molecule has 3 aromatic heterocycles. The van der Waals surface area contributed by atoms with Crippen LogP contribution in [0.2, 0.25) is 0 Å². The number of aromatic nitrogens is 3. The third-order valence-electron chi connectivity index (χ3n) is 3.70. The minimum atomic E-state index is -0.474. The first-order valence-corrected chi connectivity index (χ1v) is 8.39. The van der Waals surface area contributed by atoms with Gasteiger partial charge < -0.3 is 23.0 Å². The van der Waals surface area contributed by atoms with E-state index in [0.717, 1.165) is 5.69 Å². The number of ether oxygens (including phenoxy) is 2. The van der Waals surface area contributed by atoms with Crippen molar-refractivity contribution in [1.29, 1.82) is 0 Å². The van der Waals surface area contributed by atoms with E-state index in [1.807, 2.05) is 12.3 Å². The van der Waals surface area contributed by atoms with Gasteiger partial charge >= 0.3 is 4.87 Å². The fraction of sp³-hybridized carbons (Fsp3) is 0.400. The van der Waals surface area contributed by atoms with E-state index in [4.69, 9.17) is 18.4 Å². The van der Waals surface area contributed by atoms with Gasteiger partial charge in [0, 0.05) is 24.0 Å². The fourth-order valence-electron chi connectivity index (χ4n) is 2.46. The average Bonchev–Trinajstić information content (AvgIpc) is 3.34. The molecule has 4 heterocycles. The molecular weight excluding hydrogens is 334 g/mol. The minimum absolute atomic E-state index is 0.0134. The number of hydrogen-bond donors (Lipinski definition) is 0. The highest BCUT2D eigenvalue weighted by molar-refractivity contribution is 7.07. The summed E-state index contributed by atoms with van der Waals surface area (Å²) in [4.78, 5) is 16.0. The van der Waals surface area contributed by atoms with Crippen LogP contribution < -0.4 is 4.87 Å². The Bertz CT molecular complexity index is 887. The molecule has 1 fully saturated rings. The summed E-state index contributed by atoms with van der Waals surface area (Å²) in [7, 11) is 0. The van der Waals surface area contributed by atoms with Crippen molar-refractivity contribution in [1.82, 2.24) is 14.7 Å². The second-order valence-corrected chi connectivity index (χ2v) is 6.15. The molecule has 9 heteroatoms. The lowest BCUT2D eigenvalue weighted by atomic mass is 10.4. The normalized spacial score (nSPS) is 15.4. The van der Waals surface area contributed by atoms with Gasteiger partial charge in [-0.2, -0.15) is 4.98 Å². The number of nitrogens with zero attached hydrogens (tertiary/aromatic N) is 3. The maximum Gasteiger partial charge on any atom is 0.307 e. The maximum absolute atomic E-state index is 11.7. The first-order chi connectivity index (χ1) is 11.7. The molecule has 0 aliphatic carbocycles. The molecule has 1 aliphatic heterocycles. The molecule has 0 N–H and O–H groups in total. The monoisotopic (exact) mass is 349 g/mol. The van der Waals surface area contributed by atoms with Crippen molar-refractivity contribution < 1.29 is 18.4 Å². The summed E-state index contributed by atoms with van der Waals surface area (Å²) >= 11 is 1.19. The summed E-state index contributed by atoms with van der Waals surface area (Å²) in [6.07, 6.45) is 0.00551. The number of furan rings is 1. The average molecular weight is 349 g/mol. The van der Waals surface area contributed by atoms with Crippen molar-refractivity contribution in [2.24, 2.45) is 0 Å². The second-order valence-electron chi connectivity index (χ2n) is 5.33. The van der Waals surface area contributed by atoms with Crippen LogP contribution in [0.4, 0.5) is 0 Å². The number of hydrogen-bond acceptors (Lipinski definition) is 8. The van der Waals surface area contributed by atoms with Gasteiger partial charge in [-0.05, 0) is 19.1 Å². The molecule has 0 amide bonds. The molecule has 1 aliphatic rings. The molecule has 24 heavy (non-hydrogen) atoms. The molecule has 0 radical (unpaired) electrons. The van der Waals surface area contributed by atoms with Crippen molar-refractivity contribution in [3.63, 3.8) is 0 Å². The zero-order valence-corrected chi connectivity index (χ0v) is 13.7. The van der Waals surface area contributed by atoms with Gasteiger partial charge in [0.2, 0.25) is 18.0 Å². The minimum Gasteiger partial charge on any atom is -0.452 e. The summed E-state index contributed by atoms with van der Waals surface area (Å²) < 4.78 is 23.4. The van der Waals surface area contributed by atoms with Crippen molar-refractivity contribution in [3.05, 3.63) is 44.5 Å². The van der Waals surface area contributed by atoms with Crippen LogP contribution in [-0.4, -0.2) is 27.9 Å². The van der Waals surface area contributed by atoms with Gasteiger partial charge in [0.05, 0.1) is 13.2 Å². The predicted octanol–water partition coefficient (Wildman–Crippen LogP) is 2.15. The first-order valence-electron chi connectivity index (χ1n) is 7.51. The summed E-state index contributed by atoms with van der Waals surface area (Å²) in [5, 5.41) is 5.76. The van der Waals surface area contributed by atoms with Crippen molar-refractivity contribution in [2.45, 2.75) is 26.2 Å². The zero-order chi connectivity index (χ0) is 16.5. The highest BCUT2D eigenvalue weighted by Crippen LogP contribution is 2.28. The first kappa shape index (κ1) is 15.3. The van der Waals surface area contributed by atoms with Crippen molar-refractivity contribution in [2.75, 3.05) is 13.2 Å². The molecule has 0 saturated carbocycles. The topological polar surface area (TPSA) is 92.5 Å². The lowest BCUT2D eigenvalue weighted by Gasteiger charge is -2.03. The van der Waals surface area contributed by atoms with Gasteiger partial charge in [0.15, 0.2) is 11.5 Å². The third-order valence-corrected chi connectivity index (χ3v) is 4.58. The van der Waals surface area contributed by atoms with Gasteiger partial charge in [0.1, 0.15) is 0 Å². The molecular formula is C15H15N3O5S. The van der Waals surface area contributed by atoms with Crippen LogP contribution in [0.3, 0.4) is 0 Å². The third kappa shape index (κ3) is 2.93. The number of rotatable bonds is 5. The number of thiazole rings is 1. The van der Waals surface area contributed by atoms with Gasteiger partial charge in [-0.25, -0.2) is 0 Å². The second kappa shape index (κ2) is 6.34. The van der Waals surface area contributed by atoms with E-state index < -0.39 is 6.29 Å². The predicted molar refractivity (Wildman–Crippen MR) is 83.7 cm³/mol. The Labute approximate surface area is 140 Å². The van der Waals surface area contributed by atoms with Crippen molar-refractivity contribution >= 4 is 11.3 Å². The van der Waals surface area contributed by atoms with Crippen LogP contribution in [0.5, 0.6) is 0 Å². The van der Waals surface area contributed by atoms with Crippen LogP contribution in [-0.2, 0) is 22.4 Å². The van der Waals surface area contributed by atoms with Crippen LogP contribution in [0.25, 0.3) is 11.6 Å². The van der Waals surface area contributed by atoms with Crippen LogP contribution in [0, 0.1) is 6.92 Å². The fourth-order valence-corrected chi connectivity index (χ4v) is 3.22. The van der Waals surface area contributed by atoms with E-state index in [2.05, 4.69) is 10.1 Å². The Balaban J connectivity index is 1.45. The molecule has 126 valence electrons. The van der Waals surface area contributed by atoms with E-state index in [9.17, 15) is 4.79 Å². The lowest BCUT2D eigenvalue weighted by molar-refractivity contribution is -0.0585. The largest absolute Gasteiger partial charge is 0.452 e. The molecule has 0 atom stereocenters. The van der Waals surface area contributed by atoms with Gasteiger partial charge in [-0.3, -0.25) is 4.79 Å². The van der Waals surface area contributed by atoms with Crippen LogP contribution >= 0.6 is 11.3 Å². The maximum atomic E-state index is 11.7. The van der Waals surface area contributed by atoms with Gasteiger partial charge in [-0.15, -0.1) is 0 Å². The van der Waals surface area contributed by atoms with Gasteiger partial charge in [-0.1, -0.05) is 16.5 Å². The standard InChI is InChI=1S/C15H15N3O5S/c1-9-8-24-15(19)18(9)5-4-12-16-13(17-23-12)10-2-3-11(22-10)14-20-6-7-21-14/h2-3,8,14H,4-7H2,1H3. The Kier molecular flexibility index (Phi) is 4.05. The molecule has 1 saturated heterocycles. The van der Waals surface area contributed by atoms with E-state index >= 15 is 0 Å². The van der Waals surface area contributed by atoms with Crippen molar-refractivity contribution in [3.8, 4) is 11.6 Å². The lowest BCUT2D eigenvalue weighted by Crippen LogP contribution is -2.16. The molecule has 8 nitrogen and oxygen atoms in total. The molecule has 4 rings (SSSR count). The molecule has 0 aromatic carbocycles. The summed E-state index contributed by atoms with van der Waals surface area (Å²) in [5.41, 5.74) is 0.928. The van der Waals surface area contributed by atoms with E-state index in [0.29, 0.717) is 49.4 Å². The molecule has 3 aromatic rings.